The molecule has 2 aromatic rings. The van der Waals surface area contributed by atoms with Crippen molar-refractivity contribution in [3.8, 4) is 17.2 Å². The van der Waals surface area contributed by atoms with E-state index in [1.165, 1.54) is 18.3 Å². The van der Waals surface area contributed by atoms with Crippen molar-refractivity contribution in [1.29, 1.82) is 0 Å². The van der Waals surface area contributed by atoms with Crippen LogP contribution in [0.3, 0.4) is 0 Å². The third kappa shape index (κ3) is 2.82. The monoisotopic (exact) mass is 318 g/mol. The molecule has 0 radical (unpaired) electrons. The number of carbonyl (C=O) groups excluding carboxylic acids is 1. The Kier molecular flexibility index (Phi) is 3.84. The SMILES string of the molecule is O=C(N/N=C/c1cc2c(cc1Cl)OCO2)c1ccccc1O. The molecule has 0 saturated carbocycles. The maximum atomic E-state index is 11.9. The lowest BCUT2D eigenvalue weighted by molar-refractivity contribution is 0.0952. The molecule has 0 aliphatic carbocycles. The van der Waals surface area contributed by atoms with Crippen LogP contribution >= 0.6 is 11.6 Å². The van der Waals surface area contributed by atoms with E-state index in [0.29, 0.717) is 22.1 Å². The largest absolute Gasteiger partial charge is 0.507 e. The average Bonchev–Trinajstić information content (AvgIpc) is 2.94. The molecule has 1 aliphatic heterocycles. The predicted octanol–water partition coefficient (Wildman–Crippen LogP) is 2.54. The van der Waals surface area contributed by atoms with Crippen molar-refractivity contribution in [2.24, 2.45) is 5.10 Å². The number of nitrogens with one attached hydrogen (secondary N) is 1. The number of fused-ring (bicyclic) bond motifs is 1. The fourth-order valence-corrected chi connectivity index (χ4v) is 2.12. The number of nitrogens with zero attached hydrogens (tertiary/aromatic N) is 1. The van der Waals surface area contributed by atoms with Crippen molar-refractivity contribution in [2.75, 3.05) is 6.79 Å². The third-order valence-electron chi connectivity index (χ3n) is 3.01. The van der Waals surface area contributed by atoms with E-state index in [2.05, 4.69) is 10.5 Å². The number of para-hydroxylation sites is 1. The topological polar surface area (TPSA) is 80.2 Å². The van der Waals surface area contributed by atoms with E-state index in [-0.39, 0.29) is 18.1 Å². The molecule has 112 valence electrons. The van der Waals surface area contributed by atoms with E-state index in [4.69, 9.17) is 21.1 Å². The lowest BCUT2D eigenvalue weighted by Gasteiger charge is -2.03. The Hall–Kier alpha value is -2.73. The molecule has 0 unspecified atom stereocenters. The number of amides is 1. The first-order valence-corrected chi connectivity index (χ1v) is 6.73. The van der Waals surface area contributed by atoms with Gasteiger partial charge < -0.3 is 14.6 Å². The number of hydrogen-bond donors (Lipinski definition) is 2. The van der Waals surface area contributed by atoms with E-state index in [9.17, 15) is 9.90 Å². The number of hydrazone groups is 1. The van der Waals surface area contributed by atoms with Crippen molar-refractivity contribution in [3.63, 3.8) is 0 Å². The van der Waals surface area contributed by atoms with Crippen LogP contribution in [0.25, 0.3) is 0 Å². The normalized spacial score (nSPS) is 12.6. The molecule has 0 bridgehead atoms. The Morgan fingerprint density at radius 2 is 2.00 bits per heavy atom. The van der Waals surface area contributed by atoms with E-state index in [0.717, 1.165) is 0 Å². The number of phenols is 1. The lowest BCUT2D eigenvalue weighted by Crippen LogP contribution is -2.17. The highest BCUT2D eigenvalue weighted by molar-refractivity contribution is 6.33. The fourth-order valence-electron chi connectivity index (χ4n) is 1.92. The summed E-state index contributed by atoms with van der Waals surface area (Å²) >= 11 is 6.09. The second-order valence-electron chi connectivity index (χ2n) is 4.44. The molecule has 3 rings (SSSR count). The standard InChI is InChI=1S/C15H11ClN2O4/c16-11-6-14-13(21-8-22-14)5-9(11)7-17-18-15(20)10-3-1-2-4-12(10)19/h1-7,19H,8H2,(H,18,20)/b17-7+. The number of carbonyl (C=O) groups is 1. The summed E-state index contributed by atoms with van der Waals surface area (Å²) in [6, 6.07) is 9.48. The first-order valence-electron chi connectivity index (χ1n) is 6.35. The number of hydrogen-bond acceptors (Lipinski definition) is 5. The van der Waals surface area contributed by atoms with Crippen LogP contribution in [0.2, 0.25) is 5.02 Å². The molecule has 0 aromatic heterocycles. The summed E-state index contributed by atoms with van der Waals surface area (Å²) in [7, 11) is 0. The van der Waals surface area contributed by atoms with Crippen molar-refractivity contribution >= 4 is 23.7 Å². The Morgan fingerprint density at radius 3 is 2.77 bits per heavy atom. The average molecular weight is 319 g/mol. The van der Waals surface area contributed by atoms with Crippen LogP contribution < -0.4 is 14.9 Å². The van der Waals surface area contributed by atoms with Crippen LogP contribution in [0.1, 0.15) is 15.9 Å². The summed E-state index contributed by atoms with van der Waals surface area (Å²) in [5, 5.41) is 13.8. The van der Waals surface area contributed by atoms with Gasteiger partial charge in [-0.15, -0.1) is 0 Å². The van der Waals surface area contributed by atoms with Crippen molar-refractivity contribution in [3.05, 3.63) is 52.5 Å². The molecule has 2 aromatic carbocycles. The molecule has 1 heterocycles. The molecular formula is C15H11ClN2O4. The van der Waals surface area contributed by atoms with Gasteiger partial charge in [-0.3, -0.25) is 4.79 Å². The predicted molar refractivity (Wildman–Crippen MR) is 80.7 cm³/mol. The molecular weight excluding hydrogens is 308 g/mol. The zero-order chi connectivity index (χ0) is 15.5. The van der Waals surface area contributed by atoms with Gasteiger partial charge in [0.15, 0.2) is 11.5 Å². The van der Waals surface area contributed by atoms with Gasteiger partial charge in [-0.2, -0.15) is 5.10 Å². The molecule has 1 amide bonds. The Morgan fingerprint density at radius 1 is 1.27 bits per heavy atom. The molecule has 0 spiro atoms. The highest BCUT2D eigenvalue weighted by Gasteiger charge is 2.16. The summed E-state index contributed by atoms with van der Waals surface area (Å²) in [6.45, 7) is 0.149. The van der Waals surface area contributed by atoms with Gasteiger partial charge in [0.2, 0.25) is 6.79 Å². The van der Waals surface area contributed by atoms with E-state index in [1.54, 1.807) is 24.3 Å². The molecule has 22 heavy (non-hydrogen) atoms. The second kappa shape index (κ2) is 5.95. The van der Waals surface area contributed by atoms with Crippen LogP contribution in [0.15, 0.2) is 41.5 Å². The van der Waals surface area contributed by atoms with Crippen LogP contribution in [0.5, 0.6) is 17.2 Å². The molecule has 6 nitrogen and oxygen atoms in total. The Balaban J connectivity index is 1.73. The first kappa shape index (κ1) is 14.2. The first-order chi connectivity index (χ1) is 10.6. The van der Waals surface area contributed by atoms with Gasteiger partial charge in [0.05, 0.1) is 16.8 Å². The third-order valence-corrected chi connectivity index (χ3v) is 3.34. The van der Waals surface area contributed by atoms with Crippen molar-refractivity contribution in [2.45, 2.75) is 0 Å². The Bertz CT molecular complexity index is 761. The number of halogens is 1. The minimum absolute atomic E-state index is 0.115. The molecule has 1 aliphatic rings. The van der Waals surface area contributed by atoms with Gasteiger partial charge in [-0.25, -0.2) is 5.43 Å². The van der Waals surface area contributed by atoms with E-state index < -0.39 is 5.91 Å². The molecule has 0 atom stereocenters. The van der Waals surface area contributed by atoms with Gasteiger partial charge in [0, 0.05) is 11.6 Å². The summed E-state index contributed by atoms with van der Waals surface area (Å²) in [5.74, 6) is 0.501. The minimum atomic E-state index is -0.522. The lowest BCUT2D eigenvalue weighted by atomic mass is 10.2. The van der Waals surface area contributed by atoms with Gasteiger partial charge in [-0.1, -0.05) is 23.7 Å². The number of phenolic OH excluding ortho intramolecular Hbond substituents is 1. The zero-order valence-electron chi connectivity index (χ0n) is 11.2. The quantitative estimate of drug-likeness (QED) is 0.673. The van der Waals surface area contributed by atoms with Gasteiger partial charge in [0.25, 0.3) is 5.91 Å². The molecule has 7 heteroatoms. The number of benzene rings is 2. The number of rotatable bonds is 3. The number of ether oxygens (including phenoxy) is 2. The Labute approximate surface area is 130 Å². The van der Waals surface area contributed by atoms with Crippen LogP contribution in [-0.4, -0.2) is 24.0 Å². The summed E-state index contributed by atoms with van der Waals surface area (Å²) in [6.07, 6.45) is 1.39. The highest BCUT2D eigenvalue weighted by Crippen LogP contribution is 2.36. The fraction of sp³-hybridized carbons (Fsp3) is 0.0667. The molecule has 0 fully saturated rings. The van der Waals surface area contributed by atoms with Gasteiger partial charge in [-0.05, 0) is 18.2 Å². The maximum absolute atomic E-state index is 11.9. The van der Waals surface area contributed by atoms with Crippen molar-refractivity contribution in [1.82, 2.24) is 5.43 Å². The van der Waals surface area contributed by atoms with Crippen LogP contribution in [0, 0.1) is 0 Å². The molecule has 0 saturated heterocycles. The van der Waals surface area contributed by atoms with Crippen molar-refractivity contribution < 1.29 is 19.4 Å². The summed E-state index contributed by atoms with van der Waals surface area (Å²) in [4.78, 5) is 11.9. The van der Waals surface area contributed by atoms with E-state index >= 15 is 0 Å². The van der Waals surface area contributed by atoms with Gasteiger partial charge in [0.1, 0.15) is 5.75 Å². The van der Waals surface area contributed by atoms with E-state index in [1.807, 2.05) is 0 Å². The highest BCUT2D eigenvalue weighted by atomic mass is 35.5. The molecule has 2 N–H and O–H groups in total. The second-order valence-corrected chi connectivity index (χ2v) is 4.85. The van der Waals surface area contributed by atoms with Crippen LogP contribution in [0.4, 0.5) is 0 Å². The summed E-state index contributed by atoms with van der Waals surface area (Å²) < 4.78 is 10.4. The summed E-state index contributed by atoms with van der Waals surface area (Å²) in [5.41, 5.74) is 3.03. The zero-order valence-corrected chi connectivity index (χ0v) is 12.0. The smallest absolute Gasteiger partial charge is 0.275 e. The number of aromatic hydroxyl groups is 1. The maximum Gasteiger partial charge on any atom is 0.275 e. The minimum Gasteiger partial charge on any atom is -0.507 e. The van der Waals surface area contributed by atoms with Crippen LogP contribution in [-0.2, 0) is 0 Å². The van der Waals surface area contributed by atoms with Gasteiger partial charge >= 0.3 is 0 Å².